The van der Waals surface area contributed by atoms with Crippen molar-refractivity contribution in [3.63, 3.8) is 0 Å². The van der Waals surface area contributed by atoms with E-state index in [0.717, 1.165) is 31.6 Å². The molecule has 1 saturated heterocycles. The number of carbonyl (C=O) groups is 1. The number of rotatable bonds is 2. The van der Waals surface area contributed by atoms with Gasteiger partial charge in [-0.2, -0.15) is 0 Å². The average molecular weight is 221 g/mol. The van der Waals surface area contributed by atoms with Crippen LogP contribution in [0.1, 0.15) is 29.6 Å². The molecule has 1 heterocycles. The van der Waals surface area contributed by atoms with Crippen LogP contribution < -0.4 is 4.90 Å². The van der Waals surface area contributed by atoms with Crippen molar-refractivity contribution in [3.8, 4) is 5.75 Å². The minimum atomic E-state index is -1.01. The van der Waals surface area contributed by atoms with Gasteiger partial charge >= 0.3 is 5.97 Å². The number of piperidine rings is 1. The second-order valence-electron chi connectivity index (χ2n) is 4.06. The molecule has 1 fully saturated rings. The molecule has 1 aromatic carbocycles. The standard InChI is InChI=1S/C12H15NO3/c14-11-8-9(12(15)16)4-5-10(11)13-6-2-1-3-7-13/h4-5,8,14H,1-3,6-7H2,(H,15,16). The summed E-state index contributed by atoms with van der Waals surface area (Å²) in [7, 11) is 0. The molecule has 0 radical (unpaired) electrons. The number of hydrogen-bond acceptors (Lipinski definition) is 3. The first kappa shape index (κ1) is 10.8. The second-order valence-corrected chi connectivity index (χ2v) is 4.06. The molecule has 16 heavy (non-hydrogen) atoms. The van der Waals surface area contributed by atoms with Crippen LogP contribution in [-0.4, -0.2) is 29.3 Å². The fraction of sp³-hybridized carbons (Fsp3) is 0.417. The number of phenols is 1. The molecule has 0 atom stereocenters. The van der Waals surface area contributed by atoms with Gasteiger partial charge in [-0.15, -0.1) is 0 Å². The Morgan fingerprint density at radius 2 is 1.88 bits per heavy atom. The predicted molar refractivity (Wildman–Crippen MR) is 61.1 cm³/mol. The number of hydrogen-bond donors (Lipinski definition) is 2. The monoisotopic (exact) mass is 221 g/mol. The Bertz CT molecular complexity index is 397. The molecule has 0 saturated carbocycles. The average Bonchev–Trinajstić information content (AvgIpc) is 2.30. The van der Waals surface area contributed by atoms with Crippen LogP contribution in [0.3, 0.4) is 0 Å². The Balaban J connectivity index is 2.24. The van der Waals surface area contributed by atoms with Gasteiger partial charge in [0.05, 0.1) is 11.3 Å². The van der Waals surface area contributed by atoms with Crippen LogP contribution in [0.2, 0.25) is 0 Å². The summed E-state index contributed by atoms with van der Waals surface area (Å²) in [4.78, 5) is 12.8. The first-order valence-corrected chi connectivity index (χ1v) is 5.50. The largest absolute Gasteiger partial charge is 0.506 e. The van der Waals surface area contributed by atoms with Crippen molar-refractivity contribution in [2.45, 2.75) is 19.3 Å². The van der Waals surface area contributed by atoms with E-state index >= 15 is 0 Å². The number of carboxylic acids is 1. The van der Waals surface area contributed by atoms with Gasteiger partial charge in [-0.25, -0.2) is 4.79 Å². The Morgan fingerprint density at radius 1 is 1.19 bits per heavy atom. The SMILES string of the molecule is O=C(O)c1ccc(N2CCCCC2)c(O)c1. The van der Waals surface area contributed by atoms with Crippen LogP contribution in [0.15, 0.2) is 18.2 Å². The number of anilines is 1. The van der Waals surface area contributed by atoms with E-state index < -0.39 is 5.97 Å². The minimum Gasteiger partial charge on any atom is -0.506 e. The minimum absolute atomic E-state index is 0.0572. The van der Waals surface area contributed by atoms with Crippen molar-refractivity contribution in [2.75, 3.05) is 18.0 Å². The molecule has 0 bridgehead atoms. The highest BCUT2D eigenvalue weighted by molar-refractivity contribution is 5.89. The number of phenolic OH excluding ortho intramolecular Hbond substituents is 1. The molecule has 86 valence electrons. The fourth-order valence-electron chi connectivity index (χ4n) is 2.06. The third-order valence-electron chi connectivity index (χ3n) is 2.92. The summed E-state index contributed by atoms with van der Waals surface area (Å²) < 4.78 is 0. The normalized spacial score (nSPS) is 16.1. The summed E-state index contributed by atoms with van der Waals surface area (Å²) in [6.45, 7) is 1.86. The van der Waals surface area contributed by atoms with Gasteiger partial charge in [0.1, 0.15) is 5.75 Å². The summed E-state index contributed by atoms with van der Waals surface area (Å²) in [6, 6.07) is 4.53. The van der Waals surface area contributed by atoms with Crippen LogP contribution in [-0.2, 0) is 0 Å². The molecular formula is C12H15NO3. The van der Waals surface area contributed by atoms with Gasteiger partial charge in [0.2, 0.25) is 0 Å². The van der Waals surface area contributed by atoms with Gasteiger partial charge in [0.25, 0.3) is 0 Å². The first-order valence-electron chi connectivity index (χ1n) is 5.50. The molecule has 0 amide bonds. The molecule has 4 heteroatoms. The molecule has 1 aliphatic heterocycles. The zero-order valence-corrected chi connectivity index (χ0v) is 9.02. The van der Waals surface area contributed by atoms with Gasteiger partial charge in [-0.3, -0.25) is 0 Å². The lowest BCUT2D eigenvalue weighted by atomic mass is 10.1. The summed E-state index contributed by atoms with van der Waals surface area (Å²) in [6.07, 6.45) is 3.48. The molecule has 0 spiro atoms. The van der Waals surface area contributed by atoms with E-state index in [1.807, 2.05) is 0 Å². The van der Waals surface area contributed by atoms with Crippen molar-refractivity contribution < 1.29 is 15.0 Å². The van der Waals surface area contributed by atoms with E-state index in [1.165, 1.54) is 18.6 Å². The van der Waals surface area contributed by atoms with Crippen LogP contribution in [0.25, 0.3) is 0 Å². The fourth-order valence-corrected chi connectivity index (χ4v) is 2.06. The lowest BCUT2D eigenvalue weighted by molar-refractivity contribution is 0.0696. The van der Waals surface area contributed by atoms with Crippen molar-refractivity contribution in [1.82, 2.24) is 0 Å². The van der Waals surface area contributed by atoms with E-state index in [-0.39, 0.29) is 11.3 Å². The number of nitrogens with zero attached hydrogens (tertiary/aromatic N) is 1. The molecule has 0 aromatic heterocycles. The summed E-state index contributed by atoms with van der Waals surface area (Å²) >= 11 is 0. The molecule has 1 aliphatic rings. The maximum Gasteiger partial charge on any atom is 0.335 e. The van der Waals surface area contributed by atoms with E-state index in [2.05, 4.69) is 4.90 Å². The Labute approximate surface area is 94.1 Å². The van der Waals surface area contributed by atoms with E-state index in [9.17, 15) is 9.90 Å². The van der Waals surface area contributed by atoms with Crippen LogP contribution in [0.5, 0.6) is 5.75 Å². The van der Waals surface area contributed by atoms with Crippen LogP contribution >= 0.6 is 0 Å². The highest BCUT2D eigenvalue weighted by Crippen LogP contribution is 2.30. The summed E-state index contributed by atoms with van der Waals surface area (Å²) in [5, 5.41) is 18.6. The molecule has 2 N–H and O–H groups in total. The molecule has 0 unspecified atom stereocenters. The number of carboxylic acid groups (broad SMARTS) is 1. The smallest absolute Gasteiger partial charge is 0.335 e. The van der Waals surface area contributed by atoms with Crippen molar-refractivity contribution >= 4 is 11.7 Å². The van der Waals surface area contributed by atoms with Gasteiger partial charge in [-0.05, 0) is 37.5 Å². The van der Waals surface area contributed by atoms with Gasteiger partial charge in [0.15, 0.2) is 0 Å². The zero-order valence-electron chi connectivity index (χ0n) is 9.02. The van der Waals surface area contributed by atoms with E-state index in [1.54, 1.807) is 6.07 Å². The number of aromatic hydroxyl groups is 1. The molecule has 0 aliphatic carbocycles. The van der Waals surface area contributed by atoms with Gasteiger partial charge in [-0.1, -0.05) is 0 Å². The number of aromatic carboxylic acids is 1. The van der Waals surface area contributed by atoms with E-state index in [4.69, 9.17) is 5.11 Å². The quantitative estimate of drug-likeness (QED) is 0.802. The maximum atomic E-state index is 10.7. The van der Waals surface area contributed by atoms with Crippen molar-refractivity contribution in [3.05, 3.63) is 23.8 Å². The molecular weight excluding hydrogens is 206 g/mol. The van der Waals surface area contributed by atoms with Gasteiger partial charge < -0.3 is 15.1 Å². The molecule has 4 nitrogen and oxygen atoms in total. The highest BCUT2D eigenvalue weighted by Gasteiger charge is 2.15. The Kier molecular flexibility index (Phi) is 2.99. The third-order valence-corrected chi connectivity index (χ3v) is 2.92. The number of benzene rings is 1. The third kappa shape index (κ3) is 2.10. The summed E-state index contributed by atoms with van der Waals surface area (Å²) in [5.74, 6) is -0.956. The second kappa shape index (κ2) is 4.43. The maximum absolute atomic E-state index is 10.7. The predicted octanol–water partition coefficient (Wildman–Crippen LogP) is 2.08. The Hall–Kier alpha value is -1.71. The lowest BCUT2D eigenvalue weighted by Gasteiger charge is -2.29. The zero-order chi connectivity index (χ0) is 11.5. The molecule has 1 aromatic rings. The van der Waals surface area contributed by atoms with Crippen molar-refractivity contribution in [1.29, 1.82) is 0 Å². The van der Waals surface area contributed by atoms with Gasteiger partial charge in [0, 0.05) is 13.1 Å². The lowest BCUT2D eigenvalue weighted by Crippen LogP contribution is -2.29. The topological polar surface area (TPSA) is 60.8 Å². The summed E-state index contributed by atoms with van der Waals surface area (Å²) in [5.41, 5.74) is 0.864. The van der Waals surface area contributed by atoms with Crippen LogP contribution in [0, 0.1) is 0 Å². The van der Waals surface area contributed by atoms with Crippen LogP contribution in [0.4, 0.5) is 5.69 Å². The van der Waals surface area contributed by atoms with Crippen molar-refractivity contribution in [2.24, 2.45) is 0 Å². The highest BCUT2D eigenvalue weighted by atomic mass is 16.4. The van der Waals surface area contributed by atoms with E-state index in [0.29, 0.717) is 0 Å². The molecule has 2 rings (SSSR count). The first-order chi connectivity index (χ1) is 7.68. The Morgan fingerprint density at radius 3 is 2.44 bits per heavy atom.